The van der Waals surface area contributed by atoms with Crippen molar-refractivity contribution >= 4 is 24.4 Å². The van der Waals surface area contributed by atoms with Gasteiger partial charge in [-0.2, -0.15) is 12.6 Å². The van der Waals surface area contributed by atoms with Crippen LogP contribution in [0, 0.1) is 0 Å². The van der Waals surface area contributed by atoms with E-state index in [1.165, 1.54) is 0 Å². The van der Waals surface area contributed by atoms with Gasteiger partial charge in [-0.25, -0.2) is 0 Å². The summed E-state index contributed by atoms with van der Waals surface area (Å²) in [5.74, 6) is 0. The molecule has 2 unspecified atom stereocenters. The molecule has 1 aliphatic heterocycles. The summed E-state index contributed by atoms with van der Waals surface area (Å²) in [7, 11) is 0. The molecule has 5 heavy (non-hydrogen) atoms. The molecule has 1 saturated heterocycles. The van der Waals surface area contributed by atoms with Gasteiger partial charge < -0.3 is 0 Å². The fourth-order valence-corrected chi connectivity index (χ4v) is 1.10. The predicted molar refractivity (Wildman–Crippen MR) is 29.8 cm³/mol. The van der Waals surface area contributed by atoms with Crippen LogP contribution < -0.4 is 0 Å². The zero-order chi connectivity index (χ0) is 3.86. The third kappa shape index (κ3) is 0.763. The van der Waals surface area contributed by atoms with Crippen LogP contribution in [-0.2, 0) is 0 Å². The molecule has 2 heteroatoms. The zero-order valence-corrected chi connectivity index (χ0v) is 4.72. The SMILES string of the molecule is CC1SC1S. The molecule has 0 aromatic rings. The second kappa shape index (κ2) is 1.09. The number of hydrogen-bond acceptors (Lipinski definition) is 2. The highest BCUT2D eigenvalue weighted by molar-refractivity contribution is 8.18. The summed E-state index contributed by atoms with van der Waals surface area (Å²) >= 11 is 6.05. The topological polar surface area (TPSA) is 0 Å². The molecule has 1 fully saturated rings. The highest BCUT2D eigenvalue weighted by Gasteiger charge is 2.29. The summed E-state index contributed by atoms with van der Waals surface area (Å²) < 4.78 is 0.662. The predicted octanol–water partition coefficient (Wildman–Crippen LogP) is 1.38. The molecule has 0 saturated carbocycles. The Balaban J connectivity index is 2.20. The van der Waals surface area contributed by atoms with Crippen molar-refractivity contribution in [2.45, 2.75) is 16.8 Å². The van der Waals surface area contributed by atoms with Crippen LogP contribution in [0.25, 0.3) is 0 Å². The van der Waals surface area contributed by atoms with Gasteiger partial charge in [0.05, 0.1) is 4.58 Å². The number of hydrogen-bond donors (Lipinski definition) is 1. The average Bonchev–Trinajstić information content (AvgIpc) is 1.79. The number of rotatable bonds is 0. The minimum Gasteiger partial charge on any atom is -0.164 e. The highest BCUT2D eigenvalue weighted by Crippen LogP contribution is 2.42. The lowest BCUT2D eigenvalue weighted by Crippen LogP contribution is -1.69. The van der Waals surface area contributed by atoms with E-state index >= 15 is 0 Å². The normalized spacial score (nSPS) is 49.2. The van der Waals surface area contributed by atoms with Crippen LogP contribution in [-0.4, -0.2) is 9.83 Å². The second-order valence-electron chi connectivity index (χ2n) is 1.23. The lowest BCUT2D eigenvalue weighted by molar-refractivity contribution is 1.21. The first kappa shape index (κ1) is 3.88. The molecule has 2 atom stereocenters. The summed E-state index contributed by atoms with van der Waals surface area (Å²) in [5, 5.41) is 0.832. The van der Waals surface area contributed by atoms with Crippen molar-refractivity contribution in [2.24, 2.45) is 0 Å². The van der Waals surface area contributed by atoms with Gasteiger partial charge in [-0.1, -0.05) is 6.92 Å². The number of thioether (sulfide) groups is 1. The zero-order valence-electron chi connectivity index (χ0n) is 3.01. The Morgan fingerprint density at radius 1 is 1.80 bits per heavy atom. The molecular weight excluding hydrogens is 100 g/mol. The molecule has 0 aromatic carbocycles. The third-order valence-corrected chi connectivity index (χ3v) is 2.77. The highest BCUT2D eigenvalue weighted by atomic mass is 32.2. The van der Waals surface area contributed by atoms with Crippen LogP contribution in [0.15, 0.2) is 0 Å². The molecule has 0 spiro atoms. The average molecular weight is 106 g/mol. The smallest absolute Gasteiger partial charge is 0.0591 e. The summed E-state index contributed by atoms with van der Waals surface area (Å²) in [5.41, 5.74) is 0. The Hall–Kier alpha value is 0.700. The van der Waals surface area contributed by atoms with E-state index in [1.54, 1.807) is 0 Å². The Bertz CT molecular complexity index is 38.2. The molecule has 1 heterocycles. The summed E-state index contributed by atoms with van der Waals surface area (Å²) in [6, 6.07) is 0. The Morgan fingerprint density at radius 3 is 2.00 bits per heavy atom. The van der Waals surface area contributed by atoms with Crippen LogP contribution >= 0.6 is 24.4 Å². The van der Waals surface area contributed by atoms with Crippen LogP contribution in [0.2, 0.25) is 0 Å². The fourth-order valence-electron chi connectivity index (χ4n) is 0.175. The third-order valence-electron chi connectivity index (χ3n) is 0.679. The summed E-state index contributed by atoms with van der Waals surface area (Å²) in [6.45, 7) is 2.18. The molecule has 0 bridgehead atoms. The van der Waals surface area contributed by atoms with Crippen molar-refractivity contribution in [3.8, 4) is 0 Å². The van der Waals surface area contributed by atoms with Gasteiger partial charge in [-0.3, -0.25) is 0 Å². The van der Waals surface area contributed by atoms with Gasteiger partial charge in [0.15, 0.2) is 0 Å². The lowest BCUT2D eigenvalue weighted by Gasteiger charge is -1.62. The molecular formula is C3H6S2. The maximum absolute atomic E-state index is 4.14. The van der Waals surface area contributed by atoms with Gasteiger partial charge >= 0.3 is 0 Å². The first-order valence-corrected chi connectivity index (χ1v) is 3.10. The molecule has 0 aromatic heterocycles. The Labute approximate surface area is 41.7 Å². The Morgan fingerprint density at radius 2 is 2.00 bits per heavy atom. The minimum absolute atomic E-state index is 0.662. The van der Waals surface area contributed by atoms with E-state index in [-0.39, 0.29) is 0 Å². The molecule has 30 valence electrons. The molecule has 0 N–H and O–H groups in total. The van der Waals surface area contributed by atoms with E-state index in [4.69, 9.17) is 0 Å². The summed E-state index contributed by atoms with van der Waals surface area (Å²) in [6.07, 6.45) is 0. The largest absolute Gasteiger partial charge is 0.164 e. The van der Waals surface area contributed by atoms with Gasteiger partial charge in [0.1, 0.15) is 0 Å². The molecule has 0 aliphatic carbocycles. The van der Waals surface area contributed by atoms with Gasteiger partial charge in [-0.15, -0.1) is 11.8 Å². The van der Waals surface area contributed by atoms with Gasteiger partial charge in [0.2, 0.25) is 0 Å². The summed E-state index contributed by atoms with van der Waals surface area (Å²) in [4.78, 5) is 0. The minimum atomic E-state index is 0.662. The van der Waals surface area contributed by atoms with E-state index in [0.717, 1.165) is 5.25 Å². The van der Waals surface area contributed by atoms with E-state index in [1.807, 2.05) is 11.8 Å². The van der Waals surface area contributed by atoms with Crippen molar-refractivity contribution in [3.05, 3.63) is 0 Å². The van der Waals surface area contributed by atoms with Crippen LogP contribution in [0.4, 0.5) is 0 Å². The van der Waals surface area contributed by atoms with Gasteiger partial charge in [0, 0.05) is 5.25 Å². The van der Waals surface area contributed by atoms with Crippen LogP contribution in [0.1, 0.15) is 6.92 Å². The van der Waals surface area contributed by atoms with E-state index < -0.39 is 0 Å². The lowest BCUT2D eigenvalue weighted by atomic mass is 10.6. The molecule has 0 radical (unpaired) electrons. The first-order chi connectivity index (χ1) is 2.30. The molecule has 0 amide bonds. The van der Waals surface area contributed by atoms with E-state index in [9.17, 15) is 0 Å². The van der Waals surface area contributed by atoms with Crippen molar-refractivity contribution in [3.63, 3.8) is 0 Å². The number of thiol groups is 1. The quantitative estimate of drug-likeness (QED) is 0.359. The van der Waals surface area contributed by atoms with E-state index in [2.05, 4.69) is 19.6 Å². The second-order valence-corrected chi connectivity index (χ2v) is 3.66. The maximum Gasteiger partial charge on any atom is 0.0591 e. The molecule has 0 nitrogen and oxygen atoms in total. The van der Waals surface area contributed by atoms with Crippen molar-refractivity contribution in [1.29, 1.82) is 0 Å². The van der Waals surface area contributed by atoms with Gasteiger partial charge in [0.25, 0.3) is 0 Å². The van der Waals surface area contributed by atoms with Crippen molar-refractivity contribution in [1.82, 2.24) is 0 Å². The van der Waals surface area contributed by atoms with Crippen molar-refractivity contribution < 1.29 is 0 Å². The molecule has 1 rings (SSSR count). The van der Waals surface area contributed by atoms with Crippen molar-refractivity contribution in [2.75, 3.05) is 0 Å². The van der Waals surface area contributed by atoms with Gasteiger partial charge in [-0.05, 0) is 0 Å². The maximum atomic E-state index is 4.14. The fraction of sp³-hybridized carbons (Fsp3) is 1.00. The Kier molecular flexibility index (Phi) is 0.841. The first-order valence-electron chi connectivity index (χ1n) is 1.64. The van der Waals surface area contributed by atoms with Crippen LogP contribution in [0.3, 0.4) is 0 Å². The molecule has 1 aliphatic rings. The van der Waals surface area contributed by atoms with E-state index in [0.29, 0.717) is 4.58 Å². The standard InChI is InChI=1S/C3H6S2/c1-2-3(4)5-2/h2-4H,1H3. The monoisotopic (exact) mass is 106 g/mol. The van der Waals surface area contributed by atoms with Crippen LogP contribution in [0.5, 0.6) is 0 Å².